The molecule has 0 fully saturated rings. The predicted octanol–water partition coefficient (Wildman–Crippen LogP) is 3.70. The molecule has 0 aliphatic rings. The average Bonchev–Trinajstić information content (AvgIpc) is 2.40. The third-order valence-corrected chi connectivity index (χ3v) is 3.57. The zero-order valence-electron chi connectivity index (χ0n) is 11.1. The van der Waals surface area contributed by atoms with Gasteiger partial charge in [-0.3, -0.25) is 4.79 Å². The minimum Gasteiger partial charge on any atom is -0.466 e. The number of thioether (sulfide) groups is 1. The summed E-state index contributed by atoms with van der Waals surface area (Å²) in [6, 6.07) is 10.4. The highest BCUT2D eigenvalue weighted by Gasteiger charge is 2.02. The third kappa shape index (κ3) is 7.38. The first-order chi connectivity index (χ1) is 8.83. The minimum atomic E-state index is -0.0596. The Kier molecular flexibility index (Phi) is 8.40. The summed E-state index contributed by atoms with van der Waals surface area (Å²) in [5.41, 5.74) is 1.36. The normalized spacial score (nSPS) is 10.3. The van der Waals surface area contributed by atoms with E-state index in [9.17, 15) is 4.79 Å². The van der Waals surface area contributed by atoms with Crippen LogP contribution in [0.2, 0.25) is 0 Å². The van der Waals surface area contributed by atoms with E-state index in [1.807, 2.05) is 17.8 Å². The van der Waals surface area contributed by atoms with Gasteiger partial charge in [0.1, 0.15) is 0 Å². The van der Waals surface area contributed by atoms with Crippen LogP contribution < -0.4 is 0 Å². The molecule has 0 aliphatic carbocycles. The lowest BCUT2D eigenvalue weighted by atomic mass is 10.2. The van der Waals surface area contributed by atoms with E-state index in [2.05, 4.69) is 31.2 Å². The number of unbranched alkanes of at least 4 members (excludes halogenated alkanes) is 1. The molecule has 0 bridgehead atoms. The molecule has 100 valence electrons. The molecule has 0 unspecified atom stereocenters. The van der Waals surface area contributed by atoms with Gasteiger partial charge < -0.3 is 4.74 Å². The standard InChI is InChI=1S/C15H22O2S/c1-2-3-11-17-15(16)10-13-18-12-9-14-7-5-4-6-8-14/h4-8H,2-3,9-13H2,1H3. The van der Waals surface area contributed by atoms with Crippen LogP contribution in [0.25, 0.3) is 0 Å². The molecule has 0 atom stereocenters. The highest BCUT2D eigenvalue weighted by Crippen LogP contribution is 2.08. The highest BCUT2D eigenvalue weighted by atomic mass is 32.2. The number of esters is 1. The monoisotopic (exact) mass is 266 g/mol. The van der Waals surface area contributed by atoms with Crippen molar-refractivity contribution in [2.24, 2.45) is 0 Å². The zero-order chi connectivity index (χ0) is 13.1. The molecule has 2 nitrogen and oxygen atoms in total. The predicted molar refractivity (Wildman–Crippen MR) is 78.0 cm³/mol. The lowest BCUT2D eigenvalue weighted by Crippen LogP contribution is -2.06. The molecule has 1 rings (SSSR count). The number of hydrogen-bond acceptors (Lipinski definition) is 3. The van der Waals surface area contributed by atoms with Crippen molar-refractivity contribution in [2.45, 2.75) is 32.6 Å². The number of carbonyl (C=O) groups excluding carboxylic acids is 1. The first-order valence-electron chi connectivity index (χ1n) is 6.60. The molecule has 3 heteroatoms. The van der Waals surface area contributed by atoms with Crippen molar-refractivity contribution in [3.8, 4) is 0 Å². The van der Waals surface area contributed by atoms with Gasteiger partial charge in [0.15, 0.2) is 0 Å². The summed E-state index contributed by atoms with van der Waals surface area (Å²) >= 11 is 1.81. The second-order valence-corrected chi connectivity index (χ2v) is 5.40. The summed E-state index contributed by atoms with van der Waals surface area (Å²) < 4.78 is 5.10. The van der Waals surface area contributed by atoms with Crippen LogP contribution in [0.1, 0.15) is 31.7 Å². The lowest BCUT2D eigenvalue weighted by molar-refractivity contribution is -0.143. The van der Waals surface area contributed by atoms with Crippen LogP contribution in [0.15, 0.2) is 30.3 Å². The Morgan fingerprint density at radius 1 is 1.22 bits per heavy atom. The fourth-order valence-electron chi connectivity index (χ4n) is 1.49. The summed E-state index contributed by atoms with van der Waals surface area (Å²) in [6.07, 6.45) is 3.63. The molecule has 0 spiro atoms. The largest absolute Gasteiger partial charge is 0.466 e. The molecule has 0 amide bonds. The topological polar surface area (TPSA) is 26.3 Å². The van der Waals surface area contributed by atoms with Gasteiger partial charge in [0.25, 0.3) is 0 Å². The van der Waals surface area contributed by atoms with Gasteiger partial charge in [0.05, 0.1) is 13.0 Å². The Labute approximate surface area is 114 Å². The molecule has 0 aliphatic heterocycles. The molecular formula is C15H22O2S. The molecule has 1 aromatic carbocycles. The number of rotatable bonds is 9. The lowest BCUT2D eigenvalue weighted by Gasteiger charge is -2.04. The van der Waals surface area contributed by atoms with Crippen molar-refractivity contribution >= 4 is 17.7 Å². The Morgan fingerprint density at radius 3 is 2.72 bits per heavy atom. The first kappa shape index (κ1) is 15.1. The number of ether oxygens (including phenoxy) is 1. The average molecular weight is 266 g/mol. The van der Waals surface area contributed by atoms with Gasteiger partial charge in [-0.1, -0.05) is 43.7 Å². The molecule has 0 N–H and O–H groups in total. The molecule has 0 saturated heterocycles. The van der Waals surface area contributed by atoms with Gasteiger partial charge in [-0.05, 0) is 24.2 Å². The molecule has 0 aromatic heterocycles. The Hall–Kier alpha value is -0.960. The highest BCUT2D eigenvalue weighted by molar-refractivity contribution is 7.99. The second-order valence-electron chi connectivity index (χ2n) is 4.17. The third-order valence-electron chi connectivity index (χ3n) is 2.59. The summed E-state index contributed by atoms with van der Waals surface area (Å²) in [7, 11) is 0. The SMILES string of the molecule is CCCCOC(=O)CCSCCc1ccccc1. The molecule has 1 aromatic rings. The van der Waals surface area contributed by atoms with Crippen LogP contribution in [0, 0.1) is 0 Å². The molecule has 18 heavy (non-hydrogen) atoms. The fourth-order valence-corrected chi connectivity index (χ4v) is 2.39. The van der Waals surface area contributed by atoms with Gasteiger partial charge in [-0.25, -0.2) is 0 Å². The zero-order valence-corrected chi connectivity index (χ0v) is 11.9. The molecular weight excluding hydrogens is 244 g/mol. The summed E-state index contributed by atoms with van der Waals surface area (Å²) in [5.74, 6) is 1.86. The summed E-state index contributed by atoms with van der Waals surface area (Å²) in [5, 5.41) is 0. The quantitative estimate of drug-likeness (QED) is 0.503. The van der Waals surface area contributed by atoms with Crippen LogP contribution in [0.4, 0.5) is 0 Å². The van der Waals surface area contributed by atoms with Crippen molar-refractivity contribution < 1.29 is 9.53 Å². The van der Waals surface area contributed by atoms with E-state index in [0.29, 0.717) is 13.0 Å². The van der Waals surface area contributed by atoms with Crippen molar-refractivity contribution in [3.05, 3.63) is 35.9 Å². The van der Waals surface area contributed by atoms with Gasteiger partial charge >= 0.3 is 5.97 Å². The Morgan fingerprint density at radius 2 is 2.00 bits per heavy atom. The minimum absolute atomic E-state index is 0.0596. The fraction of sp³-hybridized carbons (Fsp3) is 0.533. The number of aryl methyl sites for hydroxylation is 1. The van der Waals surface area contributed by atoms with Crippen LogP contribution in [0.5, 0.6) is 0 Å². The number of hydrogen-bond donors (Lipinski definition) is 0. The van der Waals surface area contributed by atoms with Crippen LogP contribution in [-0.4, -0.2) is 24.1 Å². The maximum Gasteiger partial charge on any atom is 0.306 e. The second kappa shape index (κ2) is 10.0. The van der Waals surface area contributed by atoms with Gasteiger partial charge in [0.2, 0.25) is 0 Å². The van der Waals surface area contributed by atoms with Crippen molar-refractivity contribution in [2.75, 3.05) is 18.1 Å². The van der Waals surface area contributed by atoms with E-state index < -0.39 is 0 Å². The van der Waals surface area contributed by atoms with Gasteiger partial charge in [0, 0.05) is 5.75 Å². The Balaban J connectivity index is 1.97. The molecule has 0 saturated carbocycles. The maximum atomic E-state index is 11.3. The van der Waals surface area contributed by atoms with Crippen molar-refractivity contribution in [3.63, 3.8) is 0 Å². The van der Waals surface area contributed by atoms with Gasteiger partial charge in [-0.15, -0.1) is 0 Å². The summed E-state index contributed by atoms with van der Waals surface area (Å²) in [4.78, 5) is 11.3. The number of carbonyl (C=O) groups is 1. The van der Waals surface area contributed by atoms with Crippen LogP contribution >= 0.6 is 11.8 Å². The smallest absolute Gasteiger partial charge is 0.306 e. The first-order valence-corrected chi connectivity index (χ1v) is 7.75. The van der Waals surface area contributed by atoms with Gasteiger partial charge in [-0.2, -0.15) is 11.8 Å². The van der Waals surface area contributed by atoms with E-state index in [0.717, 1.165) is 30.8 Å². The molecule has 0 heterocycles. The maximum absolute atomic E-state index is 11.3. The van der Waals surface area contributed by atoms with Crippen LogP contribution in [0.3, 0.4) is 0 Å². The number of benzene rings is 1. The molecule has 0 radical (unpaired) electrons. The van der Waals surface area contributed by atoms with Crippen molar-refractivity contribution in [1.29, 1.82) is 0 Å². The Bertz CT molecular complexity index is 325. The van der Waals surface area contributed by atoms with E-state index in [1.165, 1.54) is 5.56 Å². The van der Waals surface area contributed by atoms with E-state index in [4.69, 9.17) is 4.74 Å². The van der Waals surface area contributed by atoms with Crippen molar-refractivity contribution in [1.82, 2.24) is 0 Å². The van der Waals surface area contributed by atoms with E-state index >= 15 is 0 Å². The summed E-state index contributed by atoms with van der Waals surface area (Å²) in [6.45, 7) is 2.66. The van der Waals surface area contributed by atoms with E-state index in [-0.39, 0.29) is 5.97 Å². The van der Waals surface area contributed by atoms with E-state index in [1.54, 1.807) is 0 Å². The van der Waals surface area contributed by atoms with Crippen LogP contribution in [-0.2, 0) is 16.0 Å².